The Morgan fingerprint density at radius 2 is 1.43 bits per heavy atom. The zero-order chi connectivity index (χ0) is 15.9. The Morgan fingerprint density at radius 1 is 0.952 bits per heavy atom. The lowest BCUT2D eigenvalue weighted by molar-refractivity contribution is -0.402. The zero-order valence-corrected chi connectivity index (χ0v) is 12.7. The first-order valence-electron chi connectivity index (χ1n) is 6.61. The van der Waals surface area contributed by atoms with Crippen LogP contribution in [0.1, 0.15) is 43.9 Å². The van der Waals surface area contributed by atoms with Gasteiger partial charge in [0, 0.05) is 5.56 Å². The fourth-order valence-corrected chi connectivity index (χ4v) is 2.51. The first-order valence-corrected chi connectivity index (χ1v) is 6.61. The van der Waals surface area contributed by atoms with Gasteiger partial charge in [-0.3, -0.25) is 14.9 Å². The maximum atomic E-state index is 12.6. The van der Waals surface area contributed by atoms with Gasteiger partial charge in [-0.05, 0) is 68.5 Å². The van der Waals surface area contributed by atoms with E-state index in [0.29, 0.717) is 5.56 Å². The van der Waals surface area contributed by atoms with Crippen LogP contribution in [0.2, 0.25) is 0 Å². The van der Waals surface area contributed by atoms with Gasteiger partial charge in [0.25, 0.3) is 0 Å². The summed E-state index contributed by atoms with van der Waals surface area (Å²) in [7, 11) is 0. The van der Waals surface area contributed by atoms with Gasteiger partial charge in [0.05, 0.1) is 6.07 Å². The van der Waals surface area contributed by atoms with E-state index >= 15 is 0 Å². The quantitative estimate of drug-likeness (QED) is 0.486. The highest BCUT2D eigenvalue weighted by Gasteiger charge is 2.23. The SMILES string of the molecule is Cc1c(C)c(C)c(C(=O)c2ccc([N+](=O)[O-])o2)c(C)c1C. The third-order valence-corrected chi connectivity index (χ3v) is 4.22. The molecule has 21 heavy (non-hydrogen) atoms. The second-order valence-corrected chi connectivity index (χ2v) is 5.22. The molecule has 5 heteroatoms. The van der Waals surface area contributed by atoms with Crippen LogP contribution in [0.5, 0.6) is 0 Å². The van der Waals surface area contributed by atoms with Crippen LogP contribution in [0.4, 0.5) is 5.88 Å². The standard InChI is InChI=1S/C16H17NO4/c1-8-9(2)11(4)15(12(5)10(8)3)16(18)13-6-7-14(21-13)17(19)20/h6-7H,1-5H3. The molecular formula is C16H17NO4. The summed E-state index contributed by atoms with van der Waals surface area (Å²) in [5, 5.41) is 10.7. The number of benzene rings is 1. The number of carbonyl (C=O) groups excluding carboxylic acids is 1. The van der Waals surface area contributed by atoms with Crippen LogP contribution in [0.15, 0.2) is 16.5 Å². The van der Waals surface area contributed by atoms with E-state index < -0.39 is 10.8 Å². The smallest absolute Gasteiger partial charge is 0.397 e. The number of ketones is 1. The number of nitro groups is 1. The zero-order valence-electron chi connectivity index (χ0n) is 12.7. The Morgan fingerprint density at radius 3 is 1.86 bits per heavy atom. The van der Waals surface area contributed by atoms with Gasteiger partial charge >= 0.3 is 5.88 Å². The van der Waals surface area contributed by atoms with Crippen molar-refractivity contribution in [2.24, 2.45) is 0 Å². The predicted octanol–water partition coefficient (Wildman–Crippen LogP) is 3.96. The molecule has 0 amide bonds. The summed E-state index contributed by atoms with van der Waals surface area (Å²) < 4.78 is 5.03. The minimum atomic E-state index is -0.651. The van der Waals surface area contributed by atoms with E-state index in [2.05, 4.69) is 0 Å². The molecule has 0 N–H and O–H groups in total. The van der Waals surface area contributed by atoms with Crippen molar-refractivity contribution in [3.8, 4) is 0 Å². The van der Waals surface area contributed by atoms with Crippen LogP contribution in [-0.4, -0.2) is 10.7 Å². The molecular weight excluding hydrogens is 270 g/mol. The number of furan rings is 1. The van der Waals surface area contributed by atoms with E-state index in [1.807, 2.05) is 34.6 Å². The summed E-state index contributed by atoms with van der Waals surface area (Å²) in [5.74, 6) is -0.742. The lowest BCUT2D eigenvalue weighted by atomic mass is 9.87. The third kappa shape index (κ3) is 2.35. The highest BCUT2D eigenvalue weighted by atomic mass is 16.6. The summed E-state index contributed by atoms with van der Waals surface area (Å²) in [5.41, 5.74) is 5.62. The van der Waals surface area contributed by atoms with Gasteiger partial charge < -0.3 is 4.42 Å². The second-order valence-electron chi connectivity index (χ2n) is 5.22. The molecule has 110 valence electrons. The molecule has 0 unspecified atom stereocenters. The molecule has 5 nitrogen and oxygen atoms in total. The first-order chi connectivity index (χ1) is 9.75. The van der Waals surface area contributed by atoms with E-state index in [9.17, 15) is 14.9 Å². The summed E-state index contributed by atoms with van der Waals surface area (Å²) in [6.07, 6.45) is 0. The number of rotatable bonds is 3. The molecule has 0 aliphatic rings. The summed E-state index contributed by atoms with van der Waals surface area (Å²) in [6, 6.07) is 2.55. The van der Waals surface area contributed by atoms with Gasteiger partial charge in [0.15, 0.2) is 5.76 Å². The van der Waals surface area contributed by atoms with Crippen molar-refractivity contribution < 1.29 is 14.1 Å². The molecule has 2 aromatic rings. The second kappa shape index (κ2) is 5.16. The van der Waals surface area contributed by atoms with Crippen LogP contribution in [0.3, 0.4) is 0 Å². The Labute approximate surface area is 122 Å². The predicted molar refractivity (Wildman–Crippen MR) is 78.9 cm³/mol. The van der Waals surface area contributed by atoms with Crippen molar-refractivity contribution in [1.82, 2.24) is 0 Å². The lowest BCUT2D eigenvalue weighted by Crippen LogP contribution is -2.10. The normalized spacial score (nSPS) is 10.7. The molecule has 1 aromatic heterocycles. The first kappa shape index (κ1) is 15.0. The summed E-state index contributed by atoms with van der Waals surface area (Å²) >= 11 is 0. The molecule has 0 bridgehead atoms. The van der Waals surface area contributed by atoms with E-state index in [1.54, 1.807) is 0 Å². The molecule has 2 rings (SSSR count). The van der Waals surface area contributed by atoms with E-state index in [1.165, 1.54) is 12.1 Å². The highest BCUT2D eigenvalue weighted by Crippen LogP contribution is 2.29. The third-order valence-electron chi connectivity index (χ3n) is 4.22. The van der Waals surface area contributed by atoms with Gasteiger partial charge in [0.2, 0.25) is 5.78 Å². The Kier molecular flexibility index (Phi) is 3.68. The van der Waals surface area contributed by atoms with E-state index in [-0.39, 0.29) is 11.5 Å². The van der Waals surface area contributed by atoms with Crippen LogP contribution < -0.4 is 0 Å². The molecule has 0 radical (unpaired) electrons. The van der Waals surface area contributed by atoms with Crippen LogP contribution in [0, 0.1) is 44.7 Å². The average molecular weight is 287 g/mol. The van der Waals surface area contributed by atoms with Crippen molar-refractivity contribution in [2.45, 2.75) is 34.6 Å². The lowest BCUT2D eigenvalue weighted by Gasteiger charge is -2.17. The summed E-state index contributed by atoms with van der Waals surface area (Å²) in [6.45, 7) is 9.74. The van der Waals surface area contributed by atoms with Crippen molar-refractivity contribution in [3.63, 3.8) is 0 Å². The Hall–Kier alpha value is -2.43. The minimum Gasteiger partial charge on any atom is -0.397 e. The number of carbonyl (C=O) groups is 1. The van der Waals surface area contributed by atoms with Crippen LogP contribution in [-0.2, 0) is 0 Å². The van der Waals surface area contributed by atoms with Crippen molar-refractivity contribution in [3.05, 3.63) is 61.4 Å². The fourth-order valence-electron chi connectivity index (χ4n) is 2.51. The molecule has 1 heterocycles. The number of nitrogens with zero attached hydrogens (tertiary/aromatic N) is 1. The average Bonchev–Trinajstić information content (AvgIpc) is 2.93. The van der Waals surface area contributed by atoms with Crippen molar-refractivity contribution in [2.75, 3.05) is 0 Å². The van der Waals surface area contributed by atoms with Gasteiger partial charge in [-0.2, -0.15) is 0 Å². The molecule has 0 atom stereocenters. The van der Waals surface area contributed by atoms with Gasteiger partial charge in [-0.25, -0.2) is 0 Å². The number of hydrogen-bond donors (Lipinski definition) is 0. The minimum absolute atomic E-state index is 0.00412. The molecule has 0 aliphatic heterocycles. The molecule has 0 spiro atoms. The monoisotopic (exact) mass is 287 g/mol. The molecule has 0 saturated heterocycles. The number of hydrogen-bond acceptors (Lipinski definition) is 4. The molecule has 0 saturated carbocycles. The highest BCUT2D eigenvalue weighted by molar-refractivity contribution is 6.09. The summed E-state index contributed by atoms with van der Waals surface area (Å²) in [4.78, 5) is 22.6. The van der Waals surface area contributed by atoms with E-state index in [0.717, 1.165) is 27.8 Å². The fraction of sp³-hybridized carbons (Fsp3) is 0.312. The largest absolute Gasteiger partial charge is 0.433 e. The van der Waals surface area contributed by atoms with Crippen molar-refractivity contribution >= 4 is 11.7 Å². The van der Waals surface area contributed by atoms with Gasteiger partial charge in [-0.15, -0.1) is 0 Å². The van der Waals surface area contributed by atoms with Crippen LogP contribution in [0.25, 0.3) is 0 Å². The Balaban J connectivity index is 2.60. The maximum absolute atomic E-state index is 12.6. The van der Waals surface area contributed by atoms with Crippen molar-refractivity contribution in [1.29, 1.82) is 0 Å². The molecule has 0 aliphatic carbocycles. The van der Waals surface area contributed by atoms with Crippen LogP contribution >= 0.6 is 0 Å². The maximum Gasteiger partial charge on any atom is 0.433 e. The topological polar surface area (TPSA) is 73.3 Å². The van der Waals surface area contributed by atoms with E-state index in [4.69, 9.17) is 4.42 Å². The van der Waals surface area contributed by atoms with Gasteiger partial charge in [-0.1, -0.05) is 0 Å². The van der Waals surface area contributed by atoms with Gasteiger partial charge in [0.1, 0.15) is 4.92 Å². The molecule has 0 fully saturated rings. The Bertz CT molecular complexity index is 727. The molecule has 1 aromatic carbocycles.